The van der Waals surface area contributed by atoms with Gasteiger partial charge in [-0.15, -0.1) is 0 Å². The van der Waals surface area contributed by atoms with E-state index >= 15 is 0 Å². The largest absolute Gasteiger partial charge is 0.347 e. The third kappa shape index (κ3) is 5.54. The predicted octanol–water partition coefficient (Wildman–Crippen LogP) is 3.37. The summed E-state index contributed by atoms with van der Waals surface area (Å²) in [5.74, 6) is -0.628. The molecule has 2 aromatic carbocycles. The molecule has 142 valence electrons. The van der Waals surface area contributed by atoms with E-state index in [2.05, 4.69) is 16.0 Å². The molecule has 2 unspecified atom stereocenters. The van der Waals surface area contributed by atoms with Crippen molar-refractivity contribution in [2.24, 2.45) is 0 Å². The third-order valence-corrected chi connectivity index (χ3v) is 4.80. The van der Waals surface area contributed by atoms with E-state index in [1.165, 1.54) is 24.3 Å². The Labute approximate surface area is 158 Å². The number of nitrogens with one attached hydrogen (secondary N) is 3. The molecule has 2 atom stereocenters. The SMILES string of the molecule is O=C(NCc1ccccc1)NC1CCCCC1NC(=O)c1ccc(F)cc1. The molecule has 2 aromatic rings. The number of carbonyl (C=O) groups is 2. The number of halogens is 1. The van der Waals surface area contributed by atoms with Crippen molar-refractivity contribution in [2.75, 3.05) is 0 Å². The lowest BCUT2D eigenvalue weighted by Crippen LogP contribution is -2.55. The fraction of sp³-hybridized carbons (Fsp3) is 0.333. The number of hydrogen-bond acceptors (Lipinski definition) is 2. The van der Waals surface area contributed by atoms with Crippen LogP contribution in [0.1, 0.15) is 41.6 Å². The van der Waals surface area contributed by atoms with Gasteiger partial charge < -0.3 is 16.0 Å². The molecular weight excluding hydrogens is 345 g/mol. The number of benzene rings is 2. The van der Waals surface area contributed by atoms with Crippen molar-refractivity contribution in [1.29, 1.82) is 0 Å². The van der Waals surface area contributed by atoms with Gasteiger partial charge in [-0.25, -0.2) is 9.18 Å². The molecule has 6 heteroatoms. The molecule has 0 aromatic heterocycles. The molecule has 3 rings (SSSR count). The zero-order valence-electron chi connectivity index (χ0n) is 15.1. The fourth-order valence-electron chi connectivity index (χ4n) is 3.33. The maximum atomic E-state index is 13.0. The number of urea groups is 1. The fourth-order valence-corrected chi connectivity index (χ4v) is 3.33. The molecule has 0 saturated heterocycles. The standard InChI is InChI=1S/C21H24FN3O2/c22-17-12-10-16(11-13-17)20(26)24-18-8-4-5-9-19(18)25-21(27)23-14-15-6-2-1-3-7-15/h1-3,6-7,10-13,18-19H,4-5,8-9,14H2,(H,24,26)(H2,23,25,27). The van der Waals surface area contributed by atoms with Gasteiger partial charge in [-0.2, -0.15) is 0 Å². The van der Waals surface area contributed by atoms with Crippen LogP contribution in [-0.4, -0.2) is 24.0 Å². The Morgan fingerprint density at radius 3 is 2.19 bits per heavy atom. The van der Waals surface area contributed by atoms with Gasteiger partial charge in [-0.1, -0.05) is 43.2 Å². The summed E-state index contributed by atoms with van der Waals surface area (Å²) in [6.07, 6.45) is 3.62. The molecule has 3 N–H and O–H groups in total. The summed E-state index contributed by atoms with van der Waals surface area (Å²) in [4.78, 5) is 24.7. The number of hydrogen-bond donors (Lipinski definition) is 3. The van der Waals surface area contributed by atoms with Crippen molar-refractivity contribution in [3.8, 4) is 0 Å². The zero-order valence-corrected chi connectivity index (χ0v) is 15.1. The van der Waals surface area contributed by atoms with E-state index in [1.807, 2.05) is 30.3 Å². The van der Waals surface area contributed by atoms with Crippen LogP contribution in [0, 0.1) is 5.82 Å². The Balaban J connectivity index is 1.54. The molecule has 27 heavy (non-hydrogen) atoms. The van der Waals surface area contributed by atoms with Crippen LogP contribution >= 0.6 is 0 Å². The highest BCUT2D eigenvalue weighted by molar-refractivity contribution is 5.94. The quantitative estimate of drug-likeness (QED) is 0.756. The van der Waals surface area contributed by atoms with E-state index in [0.717, 1.165) is 31.2 Å². The second-order valence-corrected chi connectivity index (χ2v) is 6.79. The van der Waals surface area contributed by atoms with E-state index in [-0.39, 0.29) is 29.8 Å². The number of rotatable bonds is 5. The van der Waals surface area contributed by atoms with Gasteiger partial charge in [0, 0.05) is 18.2 Å². The number of amides is 3. The van der Waals surface area contributed by atoms with Gasteiger partial charge >= 0.3 is 6.03 Å². The maximum absolute atomic E-state index is 13.0. The smallest absolute Gasteiger partial charge is 0.315 e. The molecule has 1 aliphatic carbocycles. The minimum Gasteiger partial charge on any atom is -0.347 e. The molecule has 0 bridgehead atoms. The van der Waals surface area contributed by atoms with Crippen molar-refractivity contribution in [1.82, 2.24) is 16.0 Å². The molecule has 0 heterocycles. The Kier molecular flexibility index (Phi) is 6.41. The van der Waals surface area contributed by atoms with Crippen LogP contribution in [0.3, 0.4) is 0 Å². The summed E-state index contributed by atoms with van der Waals surface area (Å²) in [6.45, 7) is 0.450. The molecule has 0 spiro atoms. The Morgan fingerprint density at radius 2 is 1.52 bits per heavy atom. The Hall–Kier alpha value is -2.89. The first-order valence-electron chi connectivity index (χ1n) is 9.26. The van der Waals surface area contributed by atoms with Crippen molar-refractivity contribution >= 4 is 11.9 Å². The molecule has 1 aliphatic rings. The van der Waals surface area contributed by atoms with Crippen molar-refractivity contribution < 1.29 is 14.0 Å². The van der Waals surface area contributed by atoms with Crippen LogP contribution in [0.2, 0.25) is 0 Å². The van der Waals surface area contributed by atoms with Crippen molar-refractivity contribution in [2.45, 2.75) is 44.3 Å². The average Bonchev–Trinajstić information content (AvgIpc) is 2.69. The van der Waals surface area contributed by atoms with Crippen LogP contribution in [0.4, 0.5) is 9.18 Å². The minimum atomic E-state index is -0.376. The predicted molar refractivity (Wildman–Crippen MR) is 102 cm³/mol. The molecule has 0 aliphatic heterocycles. The van der Waals surface area contributed by atoms with Gasteiger partial charge in [0.15, 0.2) is 0 Å². The van der Waals surface area contributed by atoms with Gasteiger partial charge in [0.25, 0.3) is 5.91 Å². The molecular formula is C21H24FN3O2. The van der Waals surface area contributed by atoms with Gasteiger partial charge in [-0.3, -0.25) is 4.79 Å². The highest BCUT2D eigenvalue weighted by atomic mass is 19.1. The van der Waals surface area contributed by atoms with Crippen LogP contribution in [0.25, 0.3) is 0 Å². The second-order valence-electron chi connectivity index (χ2n) is 6.79. The van der Waals surface area contributed by atoms with Crippen LogP contribution < -0.4 is 16.0 Å². The second kappa shape index (κ2) is 9.16. The van der Waals surface area contributed by atoms with Gasteiger partial charge in [-0.05, 0) is 42.7 Å². The zero-order chi connectivity index (χ0) is 19.1. The molecule has 0 radical (unpaired) electrons. The van der Waals surface area contributed by atoms with E-state index in [4.69, 9.17) is 0 Å². The van der Waals surface area contributed by atoms with Gasteiger partial charge in [0.05, 0.1) is 6.04 Å². The first kappa shape index (κ1) is 18.9. The minimum absolute atomic E-state index is 0.126. The lowest BCUT2D eigenvalue weighted by Gasteiger charge is -2.32. The molecule has 3 amide bonds. The first-order chi connectivity index (χ1) is 13.1. The van der Waals surface area contributed by atoms with Crippen molar-refractivity contribution in [3.05, 3.63) is 71.5 Å². The first-order valence-corrected chi connectivity index (χ1v) is 9.26. The topological polar surface area (TPSA) is 70.2 Å². The van der Waals surface area contributed by atoms with Crippen LogP contribution in [0.15, 0.2) is 54.6 Å². The lowest BCUT2D eigenvalue weighted by atomic mass is 9.90. The highest BCUT2D eigenvalue weighted by Crippen LogP contribution is 2.19. The number of carbonyl (C=O) groups excluding carboxylic acids is 2. The van der Waals surface area contributed by atoms with E-state index < -0.39 is 0 Å². The molecule has 1 saturated carbocycles. The van der Waals surface area contributed by atoms with Crippen LogP contribution in [-0.2, 0) is 6.54 Å². The Morgan fingerprint density at radius 1 is 0.889 bits per heavy atom. The van der Waals surface area contributed by atoms with Crippen molar-refractivity contribution in [3.63, 3.8) is 0 Å². The van der Waals surface area contributed by atoms with E-state index in [9.17, 15) is 14.0 Å². The monoisotopic (exact) mass is 369 g/mol. The summed E-state index contributed by atoms with van der Waals surface area (Å²) in [5.41, 5.74) is 1.44. The maximum Gasteiger partial charge on any atom is 0.315 e. The van der Waals surface area contributed by atoms with Gasteiger partial charge in [0.1, 0.15) is 5.82 Å². The molecule has 5 nitrogen and oxygen atoms in total. The third-order valence-electron chi connectivity index (χ3n) is 4.80. The van der Waals surface area contributed by atoms with Gasteiger partial charge in [0.2, 0.25) is 0 Å². The van der Waals surface area contributed by atoms with E-state index in [1.54, 1.807) is 0 Å². The summed E-state index contributed by atoms with van der Waals surface area (Å²) in [5, 5.41) is 8.81. The lowest BCUT2D eigenvalue weighted by molar-refractivity contribution is 0.0916. The summed E-state index contributed by atoms with van der Waals surface area (Å²) < 4.78 is 13.0. The summed E-state index contributed by atoms with van der Waals surface area (Å²) >= 11 is 0. The highest BCUT2D eigenvalue weighted by Gasteiger charge is 2.28. The average molecular weight is 369 g/mol. The van der Waals surface area contributed by atoms with E-state index in [0.29, 0.717) is 12.1 Å². The summed E-state index contributed by atoms with van der Waals surface area (Å²) in [6, 6.07) is 14.6. The normalized spacial score (nSPS) is 19.1. The summed E-state index contributed by atoms with van der Waals surface area (Å²) in [7, 11) is 0. The molecule has 1 fully saturated rings. The Bertz CT molecular complexity index is 765. The van der Waals surface area contributed by atoms with Crippen LogP contribution in [0.5, 0.6) is 0 Å².